The number of nitrogens with zero attached hydrogens (tertiary/aromatic N) is 3. The van der Waals surface area contributed by atoms with E-state index >= 15 is 0 Å². The second-order valence-corrected chi connectivity index (χ2v) is 7.23. The van der Waals surface area contributed by atoms with E-state index in [1.807, 2.05) is 47.4 Å². The lowest BCUT2D eigenvalue weighted by Gasteiger charge is -2.22. The zero-order valence-corrected chi connectivity index (χ0v) is 15.9. The van der Waals surface area contributed by atoms with Crippen molar-refractivity contribution in [1.29, 1.82) is 0 Å². The topological polar surface area (TPSA) is 68.5 Å². The Hall–Kier alpha value is -2.80. The van der Waals surface area contributed by atoms with Crippen LogP contribution in [0.3, 0.4) is 0 Å². The lowest BCUT2D eigenvalue weighted by atomic mass is 10.1. The van der Waals surface area contributed by atoms with Gasteiger partial charge in [-0.05, 0) is 37.1 Å². The van der Waals surface area contributed by atoms with Gasteiger partial charge in [-0.25, -0.2) is 0 Å². The molecule has 1 aliphatic heterocycles. The maximum Gasteiger partial charge on any atom is 0.277 e. The molecule has 7 heteroatoms. The Bertz CT molecular complexity index is 972. The van der Waals surface area contributed by atoms with Crippen LogP contribution < -0.4 is 9.64 Å². The Morgan fingerprint density at radius 2 is 2.00 bits per heavy atom. The first-order chi connectivity index (χ1) is 13.2. The summed E-state index contributed by atoms with van der Waals surface area (Å²) < 4.78 is 11.0. The van der Waals surface area contributed by atoms with Gasteiger partial charge < -0.3 is 14.1 Å². The highest BCUT2D eigenvalue weighted by Crippen LogP contribution is 2.34. The molecule has 27 heavy (non-hydrogen) atoms. The van der Waals surface area contributed by atoms with Crippen LogP contribution in [-0.4, -0.2) is 35.0 Å². The number of hydrogen-bond donors (Lipinski definition) is 0. The Labute approximate surface area is 161 Å². The number of aromatic nitrogens is 2. The predicted octanol–water partition coefficient (Wildman–Crippen LogP) is 3.82. The van der Waals surface area contributed by atoms with E-state index in [0.717, 1.165) is 17.7 Å². The number of ether oxygens (including phenoxy) is 1. The van der Waals surface area contributed by atoms with Crippen molar-refractivity contribution < 1.29 is 13.9 Å². The van der Waals surface area contributed by atoms with Gasteiger partial charge in [-0.1, -0.05) is 42.1 Å². The van der Waals surface area contributed by atoms with Crippen LogP contribution in [0.2, 0.25) is 0 Å². The summed E-state index contributed by atoms with van der Waals surface area (Å²) in [4.78, 5) is 14.6. The number of carbonyl (C=O) groups is 1. The molecule has 0 fully saturated rings. The van der Waals surface area contributed by atoms with Crippen molar-refractivity contribution in [3.8, 4) is 17.2 Å². The first-order valence-electron chi connectivity index (χ1n) is 8.67. The molecule has 0 N–H and O–H groups in total. The van der Waals surface area contributed by atoms with Crippen LogP contribution in [0.5, 0.6) is 5.75 Å². The first kappa shape index (κ1) is 17.6. The van der Waals surface area contributed by atoms with Crippen molar-refractivity contribution in [2.45, 2.75) is 24.6 Å². The minimum absolute atomic E-state index is 0.0366. The molecule has 2 heterocycles. The predicted molar refractivity (Wildman–Crippen MR) is 104 cm³/mol. The largest absolute Gasteiger partial charge is 0.496 e. The van der Waals surface area contributed by atoms with Gasteiger partial charge in [-0.2, -0.15) is 0 Å². The molecule has 4 rings (SSSR count). The molecule has 0 radical (unpaired) electrons. The van der Waals surface area contributed by atoms with Gasteiger partial charge in [-0.15, -0.1) is 10.2 Å². The monoisotopic (exact) mass is 381 g/mol. The molecular weight excluding hydrogens is 362 g/mol. The Kier molecular flexibility index (Phi) is 4.85. The number of benzene rings is 2. The van der Waals surface area contributed by atoms with Gasteiger partial charge in [-0.3, -0.25) is 4.79 Å². The van der Waals surface area contributed by atoms with Gasteiger partial charge in [0.15, 0.2) is 0 Å². The van der Waals surface area contributed by atoms with Gasteiger partial charge in [0, 0.05) is 11.7 Å². The third-order valence-corrected chi connectivity index (χ3v) is 5.34. The highest BCUT2D eigenvalue weighted by molar-refractivity contribution is 7.99. The van der Waals surface area contributed by atoms with Crippen LogP contribution in [0.4, 0.5) is 5.69 Å². The lowest BCUT2D eigenvalue weighted by molar-refractivity contribution is -0.116. The van der Waals surface area contributed by atoms with Crippen molar-refractivity contribution in [3.05, 3.63) is 54.1 Å². The van der Waals surface area contributed by atoms with E-state index in [0.29, 0.717) is 16.9 Å². The maximum absolute atomic E-state index is 12.8. The normalized spacial score (nSPS) is 15.6. The summed E-state index contributed by atoms with van der Waals surface area (Å²) in [5, 5.41) is 8.49. The van der Waals surface area contributed by atoms with Gasteiger partial charge in [0.2, 0.25) is 5.91 Å². The SMILES string of the molecule is COc1ccccc1-c1nnc(SCC(=O)N2c3ccccc3C[C@H]2C)o1. The van der Waals surface area contributed by atoms with Gasteiger partial charge in [0.1, 0.15) is 5.75 Å². The molecule has 1 aromatic heterocycles. The fraction of sp³-hybridized carbons (Fsp3) is 0.250. The van der Waals surface area contributed by atoms with Gasteiger partial charge >= 0.3 is 0 Å². The Morgan fingerprint density at radius 1 is 1.22 bits per heavy atom. The molecule has 0 spiro atoms. The van der Waals surface area contributed by atoms with Crippen LogP contribution in [0.1, 0.15) is 12.5 Å². The van der Waals surface area contributed by atoms with Gasteiger partial charge in [0.05, 0.1) is 18.4 Å². The molecule has 1 aliphatic rings. The quantitative estimate of drug-likeness (QED) is 0.626. The van der Waals surface area contributed by atoms with Crippen LogP contribution in [0.15, 0.2) is 58.2 Å². The average molecular weight is 381 g/mol. The maximum atomic E-state index is 12.8. The summed E-state index contributed by atoms with van der Waals surface area (Å²) in [5.41, 5.74) is 2.93. The molecule has 0 saturated heterocycles. The second kappa shape index (κ2) is 7.44. The number of para-hydroxylation sites is 2. The summed E-state index contributed by atoms with van der Waals surface area (Å²) in [6.45, 7) is 2.06. The minimum Gasteiger partial charge on any atom is -0.496 e. The summed E-state index contributed by atoms with van der Waals surface area (Å²) in [5.74, 6) is 1.32. The Balaban J connectivity index is 1.46. The van der Waals surface area contributed by atoms with E-state index in [1.165, 1.54) is 17.3 Å². The number of thioether (sulfide) groups is 1. The molecule has 6 nitrogen and oxygen atoms in total. The van der Waals surface area contributed by atoms with Crippen LogP contribution in [-0.2, 0) is 11.2 Å². The van der Waals surface area contributed by atoms with Crippen molar-refractivity contribution in [2.75, 3.05) is 17.8 Å². The van der Waals surface area contributed by atoms with E-state index in [-0.39, 0.29) is 17.7 Å². The van der Waals surface area contributed by atoms with Crippen LogP contribution in [0, 0.1) is 0 Å². The number of methoxy groups -OCH3 is 1. The molecule has 1 amide bonds. The fourth-order valence-electron chi connectivity index (χ4n) is 3.34. The third kappa shape index (κ3) is 3.42. The lowest BCUT2D eigenvalue weighted by Crippen LogP contribution is -2.36. The van der Waals surface area contributed by atoms with Crippen LogP contribution >= 0.6 is 11.8 Å². The average Bonchev–Trinajstić information content (AvgIpc) is 3.29. The zero-order chi connectivity index (χ0) is 18.8. The number of anilines is 1. The second-order valence-electron chi connectivity index (χ2n) is 6.31. The standard InChI is InChI=1S/C20H19N3O3S/c1-13-11-14-7-3-5-9-16(14)23(13)18(24)12-27-20-22-21-19(26-20)15-8-4-6-10-17(15)25-2/h3-10,13H,11-12H2,1-2H3/t13-/m1/s1. The number of fused-ring (bicyclic) bond motifs is 1. The van der Waals surface area contributed by atoms with E-state index in [9.17, 15) is 4.79 Å². The smallest absolute Gasteiger partial charge is 0.277 e. The number of hydrogen-bond acceptors (Lipinski definition) is 6. The van der Waals surface area contributed by atoms with E-state index in [2.05, 4.69) is 23.2 Å². The molecule has 0 unspecified atom stereocenters. The third-order valence-electron chi connectivity index (χ3n) is 4.54. The number of carbonyl (C=O) groups excluding carboxylic acids is 1. The Morgan fingerprint density at radius 3 is 2.85 bits per heavy atom. The molecule has 0 aliphatic carbocycles. The molecule has 3 aromatic rings. The van der Waals surface area contributed by atoms with E-state index in [4.69, 9.17) is 9.15 Å². The summed E-state index contributed by atoms with van der Waals surface area (Å²) in [6.07, 6.45) is 0.880. The number of rotatable bonds is 5. The van der Waals surface area contributed by atoms with Crippen molar-refractivity contribution in [1.82, 2.24) is 10.2 Å². The van der Waals surface area contributed by atoms with Crippen LogP contribution in [0.25, 0.3) is 11.5 Å². The summed E-state index contributed by atoms with van der Waals surface area (Å²) >= 11 is 1.25. The summed E-state index contributed by atoms with van der Waals surface area (Å²) in [7, 11) is 1.60. The highest BCUT2D eigenvalue weighted by Gasteiger charge is 2.30. The minimum atomic E-state index is 0.0366. The molecule has 138 valence electrons. The zero-order valence-electron chi connectivity index (χ0n) is 15.1. The van der Waals surface area contributed by atoms with Crippen molar-refractivity contribution in [2.24, 2.45) is 0 Å². The van der Waals surface area contributed by atoms with E-state index < -0.39 is 0 Å². The molecule has 0 bridgehead atoms. The molecular formula is C20H19N3O3S. The molecule has 1 atom stereocenters. The fourth-order valence-corrected chi connectivity index (χ4v) is 3.96. The van der Waals surface area contributed by atoms with E-state index in [1.54, 1.807) is 7.11 Å². The molecule has 0 saturated carbocycles. The van der Waals surface area contributed by atoms with Gasteiger partial charge in [0.25, 0.3) is 11.1 Å². The van der Waals surface area contributed by atoms with Crippen molar-refractivity contribution >= 4 is 23.4 Å². The van der Waals surface area contributed by atoms with Crippen molar-refractivity contribution in [3.63, 3.8) is 0 Å². The number of amides is 1. The highest BCUT2D eigenvalue weighted by atomic mass is 32.2. The molecule has 2 aromatic carbocycles. The summed E-state index contributed by atoms with van der Waals surface area (Å²) in [6, 6.07) is 15.6. The first-order valence-corrected chi connectivity index (χ1v) is 9.65.